The fourth-order valence-electron chi connectivity index (χ4n) is 2.31. The van der Waals surface area contributed by atoms with E-state index in [4.69, 9.17) is 0 Å². The summed E-state index contributed by atoms with van der Waals surface area (Å²) in [7, 11) is -1.79. The molecule has 0 saturated carbocycles. The molecule has 1 N–H and O–H groups in total. The molecule has 0 aliphatic rings. The topological polar surface area (TPSA) is 37.3 Å². The van der Waals surface area contributed by atoms with Crippen LogP contribution in [0, 0.1) is 20.8 Å². The van der Waals surface area contributed by atoms with Crippen molar-refractivity contribution < 1.29 is 9.69 Å². The zero-order valence-corrected chi connectivity index (χ0v) is 12.2. The average Bonchev–Trinajstić information content (AvgIpc) is 2.37. The van der Waals surface area contributed by atoms with E-state index in [2.05, 4.69) is 0 Å². The van der Waals surface area contributed by atoms with E-state index < -0.39 is 8.15 Å². The van der Waals surface area contributed by atoms with Gasteiger partial charge in [0.2, 0.25) is 5.52 Å². The zero-order chi connectivity index (χ0) is 14.0. The molecule has 0 aliphatic heterocycles. The molecule has 4 heteroatoms. The van der Waals surface area contributed by atoms with Crippen LogP contribution in [0.3, 0.4) is 0 Å². The van der Waals surface area contributed by atoms with Crippen LogP contribution in [0.1, 0.15) is 27.0 Å². The van der Waals surface area contributed by atoms with Gasteiger partial charge in [-0.3, -0.25) is 4.79 Å². The van der Waals surface area contributed by atoms with Gasteiger partial charge in [-0.05, 0) is 31.9 Å². The van der Waals surface area contributed by atoms with Gasteiger partial charge in [0.1, 0.15) is 8.15 Å². The summed E-state index contributed by atoms with van der Waals surface area (Å²) in [4.78, 5) is 22.8. The normalized spacial score (nSPS) is 11.6. The molecular formula is C16H18LiO2P. The molecule has 2 rings (SSSR count). The van der Waals surface area contributed by atoms with Gasteiger partial charge < -0.3 is 4.89 Å². The Balaban J connectivity index is 0.00000200. The average molecular weight is 280 g/mol. The third kappa shape index (κ3) is 3.60. The molecule has 0 amide bonds. The Labute approximate surface area is 133 Å². The van der Waals surface area contributed by atoms with Crippen molar-refractivity contribution in [3.05, 3.63) is 64.7 Å². The minimum absolute atomic E-state index is 0. The fourth-order valence-corrected chi connectivity index (χ4v) is 3.56. The first-order chi connectivity index (χ1) is 9.00. The molecule has 0 spiro atoms. The van der Waals surface area contributed by atoms with Crippen molar-refractivity contribution in [2.75, 3.05) is 0 Å². The second kappa shape index (κ2) is 7.20. The van der Waals surface area contributed by atoms with Gasteiger partial charge in [-0.2, -0.15) is 0 Å². The van der Waals surface area contributed by atoms with Gasteiger partial charge in [0.25, 0.3) is 0 Å². The number of carbonyl (C=O) groups is 1. The Kier molecular flexibility index (Phi) is 6.18. The van der Waals surface area contributed by atoms with Crippen molar-refractivity contribution in [1.29, 1.82) is 0 Å². The van der Waals surface area contributed by atoms with Gasteiger partial charge >= 0.3 is 18.9 Å². The van der Waals surface area contributed by atoms with Gasteiger partial charge in [-0.25, -0.2) is 0 Å². The molecule has 1 atom stereocenters. The van der Waals surface area contributed by atoms with Gasteiger partial charge in [0.05, 0.1) is 0 Å². The quantitative estimate of drug-likeness (QED) is 0.693. The molecule has 0 aliphatic carbocycles. The number of hydrogen-bond acceptors (Lipinski definition) is 2. The van der Waals surface area contributed by atoms with Crippen LogP contribution < -0.4 is 5.30 Å². The van der Waals surface area contributed by atoms with E-state index >= 15 is 0 Å². The van der Waals surface area contributed by atoms with E-state index in [1.165, 1.54) is 0 Å². The number of rotatable bonds is 3. The van der Waals surface area contributed by atoms with Crippen LogP contribution in [0.25, 0.3) is 0 Å². The summed E-state index contributed by atoms with van der Waals surface area (Å²) in [5, 5.41) is 0.696. The summed E-state index contributed by atoms with van der Waals surface area (Å²) in [6.07, 6.45) is 0. The summed E-state index contributed by atoms with van der Waals surface area (Å²) in [6, 6.07) is 13.1. The molecule has 100 valence electrons. The maximum atomic E-state index is 12.5. The van der Waals surface area contributed by atoms with Crippen LogP contribution in [0.4, 0.5) is 0 Å². The van der Waals surface area contributed by atoms with Crippen molar-refractivity contribution in [3.63, 3.8) is 0 Å². The summed E-state index contributed by atoms with van der Waals surface area (Å²) in [5.41, 5.74) is 3.48. The molecule has 1 unspecified atom stereocenters. The molecule has 20 heavy (non-hydrogen) atoms. The third-order valence-corrected chi connectivity index (χ3v) is 4.48. The Hall–Kier alpha value is -0.903. The Morgan fingerprint density at radius 2 is 1.50 bits per heavy atom. The molecule has 2 nitrogen and oxygen atoms in total. The SMILES string of the molecule is Cc1cc(C)c(C(=O)P(O)c2ccccc2)c(C)c1.[LiH]. The van der Waals surface area contributed by atoms with E-state index in [0.717, 1.165) is 16.7 Å². The minimum atomic E-state index is -1.79. The monoisotopic (exact) mass is 280 g/mol. The molecule has 0 radical (unpaired) electrons. The molecule has 0 bridgehead atoms. The number of benzene rings is 2. The predicted molar refractivity (Wildman–Crippen MR) is 87.3 cm³/mol. The van der Waals surface area contributed by atoms with E-state index in [1.807, 2.05) is 51.1 Å². The van der Waals surface area contributed by atoms with E-state index in [-0.39, 0.29) is 24.4 Å². The standard InChI is InChI=1S/C16H17O2P.Li.H/c1-11-9-12(2)15(13(3)10-11)16(17)19(18)14-7-5-4-6-8-14;;/h4-10,18H,1-3H3;;. The van der Waals surface area contributed by atoms with Gasteiger partial charge in [0.15, 0.2) is 0 Å². The van der Waals surface area contributed by atoms with Gasteiger partial charge in [-0.15, -0.1) is 0 Å². The van der Waals surface area contributed by atoms with Gasteiger partial charge in [0, 0.05) is 10.9 Å². The van der Waals surface area contributed by atoms with E-state index in [1.54, 1.807) is 12.1 Å². The van der Waals surface area contributed by atoms with Crippen molar-refractivity contribution in [3.8, 4) is 0 Å². The molecule has 2 aromatic carbocycles. The van der Waals surface area contributed by atoms with E-state index in [0.29, 0.717) is 10.9 Å². The van der Waals surface area contributed by atoms with Gasteiger partial charge in [-0.1, -0.05) is 48.0 Å². The van der Waals surface area contributed by atoms with Crippen molar-refractivity contribution in [1.82, 2.24) is 0 Å². The Bertz CT molecular complexity index is 588. The number of hydrogen-bond donors (Lipinski definition) is 1. The first-order valence-electron chi connectivity index (χ1n) is 6.17. The fraction of sp³-hybridized carbons (Fsp3) is 0.188. The Morgan fingerprint density at radius 1 is 1.00 bits per heavy atom. The molecule has 0 aromatic heterocycles. The van der Waals surface area contributed by atoms with Crippen LogP contribution in [0.5, 0.6) is 0 Å². The Morgan fingerprint density at radius 3 is 2.00 bits per heavy atom. The number of carbonyl (C=O) groups excluding carboxylic acids is 1. The van der Waals surface area contributed by atoms with Crippen LogP contribution in [0.15, 0.2) is 42.5 Å². The molecule has 0 fully saturated rings. The molecular weight excluding hydrogens is 262 g/mol. The maximum absolute atomic E-state index is 12.5. The third-order valence-electron chi connectivity index (χ3n) is 3.08. The second-order valence-electron chi connectivity index (χ2n) is 4.73. The zero-order valence-electron chi connectivity index (χ0n) is 11.3. The van der Waals surface area contributed by atoms with Crippen LogP contribution in [-0.2, 0) is 0 Å². The second-order valence-corrected chi connectivity index (χ2v) is 6.27. The molecule has 0 saturated heterocycles. The summed E-state index contributed by atoms with van der Waals surface area (Å²) >= 11 is 0. The molecule has 2 aromatic rings. The van der Waals surface area contributed by atoms with Crippen LogP contribution in [0.2, 0.25) is 0 Å². The van der Waals surface area contributed by atoms with Crippen molar-refractivity contribution in [2.24, 2.45) is 0 Å². The van der Waals surface area contributed by atoms with Crippen molar-refractivity contribution in [2.45, 2.75) is 20.8 Å². The summed E-state index contributed by atoms with van der Waals surface area (Å²) < 4.78 is 0. The molecule has 0 heterocycles. The number of aryl methyl sites for hydroxylation is 3. The van der Waals surface area contributed by atoms with Crippen molar-refractivity contribution >= 4 is 37.8 Å². The summed E-state index contributed by atoms with van der Waals surface area (Å²) in [5.74, 6) is 0. The predicted octanol–water partition coefficient (Wildman–Crippen LogP) is 2.82. The first-order valence-corrected chi connectivity index (χ1v) is 7.46. The van der Waals surface area contributed by atoms with E-state index in [9.17, 15) is 9.69 Å². The van der Waals surface area contributed by atoms with Crippen LogP contribution in [-0.4, -0.2) is 29.3 Å². The first kappa shape index (κ1) is 17.1. The van der Waals surface area contributed by atoms with Crippen LogP contribution >= 0.6 is 8.15 Å². The summed E-state index contributed by atoms with van der Waals surface area (Å²) in [6.45, 7) is 5.84.